The summed E-state index contributed by atoms with van der Waals surface area (Å²) in [4.78, 5) is 17.1. The highest BCUT2D eigenvalue weighted by atomic mass is 32.1. The van der Waals surface area contributed by atoms with E-state index in [1.807, 2.05) is 30.3 Å². The molecule has 0 saturated carbocycles. The third kappa shape index (κ3) is 3.51. The zero-order chi connectivity index (χ0) is 18.0. The van der Waals surface area contributed by atoms with E-state index in [0.717, 1.165) is 17.8 Å². The highest BCUT2D eigenvalue weighted by Gasteiger charge is 2.19. The van der Waals surface area contributed by atoms with Crippen molar-refractivity contribution in [3.05, 3.63) is 82.4 Å². The highest BCUT2D eigenvalue weighted by molar-refractivity contribution is 7.71. The largest absolute Gasteiger partial charge is 0.336 e. The average Bonchev–Trinajstić information content (AvgIpc) is 2.99. The minimum Gasteiger partial charge on any atom is -0.336 e. The summed E-state index contributed by atoms with van der Waals surface area (Å²) in [5.41, 5.74) is 1.62. The molecule has 0 spiro atoms. The second kappa shape index (κ2) is 6.98. The third-order valence-corrected chi connectivity index (χ3v) is 4.06. The Labute approximate surface area is 148 Å². The van der Waals surface area contributed by atoms with Gasteiger partial charge in [-0.3, -0.25) is 9.36 Å². The first-order valence-corrected chi connectivity index (χ1v) is 7.93. The predicted molar refractivity (Wildman–Crippen MR) is 93.1 cm³/mol. The number of halogens is 2. The maximum atomic E-state index is 13.3. The Morgan fingerprint density at radius 3 is 2.56 bits per heavy atom. The number of hydrogen-bond acceptors (Lipinski definition) is 2. The van der Waals surface area contributed by atoms with Crippen LogP contribution in [0.2, 0.25) is 0 Å². The quantitative estimate of drug-likeness (QED) is 0.713. The van der Waals surface area contributed by atoms with Gasteiger partial charge in [0.15, 0.2) is 16.4 Å². The fourth-order valence-corrected chi connectivity index (χ4v) is 2.80. The molecule has 0 aliphatic heterocycles. The Kier molecular flexibility index (Phi) is 4.76. The van der Waals surface area contributed by atoms with Crippen LogP contribution in [0.3, 0.4) is 0 Å². The van der Waals surface area contributed by atoms with Crippen molar-refractivity contribution in [2.45, 2.75) is 6.54 Å². The SMILES string of the molecule is CN(Cc1ccc(F)c(F)c1)C(=O)c1c[nH]c(=S)n1-c1ccccc1. The molecule has 0 aliphatic rings. The van der Waals surface area contributed by atoms with Crippen LogP contribution in [0.5, 0.6) is 0 Å². The van der Waals surface area contributed by atoms with E-state index in [1.54, 1.807) is 17.8 Å². The summed E-state index contributed by atoms with van der Waals surface area (Å²) in [5, 5.41) is 0. The van der Waals surface area contributed by atoms with Crippen LogP contribution in [0.25, 0.3) is 5.69 Å². The summed E-state index contributed by atoms with van der Waals surface area (Å²) in [6.45, 7) is 0.142. The van der Waals surface area contributed by atoms with Crippen LogP contribution in [0.15, 0.2) is 54.7 Å². The van der Waals surface area contributed by atoms with E-state index in [4.69, 9.17) is 12.2 Å². The van der Waals surface area contributed by atoms with Gasteiger partial charge in [0.05, 0.1) is 0 Å². The van der Waals surface area contributed by atoms with E-state index in [2.05, 4.69) is 4.98 Å². The number of nitrogens with zero attached hydrogens (tertiary/aromatic N) is 2. The van der Waals surface area contributed by atoms with Crippen molar-refractivity contribution in [1.82, 2.24) is 14.5 Å². The number of aromatic amines is 1. The Bertz CT molecular complexity index is 966. The van der Waals surface area contributed by atoms with E-state index in [1.165, 1.54) is 11.0 Å². The van der Waals surface area contributed by atoms with Gasteiger partial charge in [-0.05, 0) is 42.0 Å². The van der Waals surface area contributed by atoms with Crippen molar-refractivity contribution < 1.29 is 13.6 Å². The van der Waals surface area contributed by atoms with Gasteiger partial charge < -0.3 is 9.88 Å². The van der Waals surface area contributed by atoms with Crippen molar-refractivity contribution in [2.24, 2.45) is 0 Å². The number of para-hydroxylation sites is 1. The van der Waals surface area contributed by atoms with Gasteiger partial charge in [0.2, 0.25) is 0 Å². The van der Waals surface area contributed by atoms with Gasteiger partial charge in [0.1, 0.15) is 5.69 Å². The molecule has 3 rings (SSSR count). The molecule has 3 aromatic rings. The molecule has 1 amide bonds. The van der Waals surface area contributed by atoms with Crippen LogP contribution in [0.1, 0.15) is 16.1 Å². The Morgan fingerprint density at radius 1 is 1.16 bits per heavy atom. The van der Waals surface area contributed by atoms with Gasteiger partial charge in [-0.25, -0.2) is 8.78 Å². The molecule has 0 aliphatic carbocycles. The van der Waals surface area contributed by atoms with Gasteiger partial charge in [0.25, 0.3) is 5.91 Å². The number of aromatic nitrogens is 2. The molecule has 1 heterocycles. The Balaban J connectivity index is 1.88. The van der Waals surface area contributed by atoms with Gasteiger partial charge in [-0.1, -0.05) is 24.3 Å². The fourth-order valence-electron chi connectivity index (χ4n) is 2.54. The monoisotopic (exact) mass is 359 g/mol. The molecule has 1 N–H and O–H groups in total. The standard InChI is InChI=1S/C18H15F2N3OS/c1-22(11-12-7-8-14(19)15(20)9-12)17(24)16-10-21-18(25)23(16)13-5-3-2-4-6-13/h2-10H,11H2,1H3,(H,21,25). The molecule has 2 aromatic carbocycles. The van der Waals surface area contributed by atoms with Crippen LogP contribution in [-0.2, 0) is 6.54 Å². The van der Waals surface area contributed by atoms with Crippen molar-refractivity contribution in [2.75, 3.05) is 7.05 Å². The minimum atomic E-state index is -0.938. The first kappa shape index (κ1) is 17.0. The number of rotatable bonds is 4. The second-order valence-electron chi connectivity index (χ2n) is 5.56. The van der Waals surface area contributed by atoms with E-state index >= 15 is 0 Å². The van der Waals surface area contributed by atoms with Gasteiger partial charge in [-0.15, -0.1) is 0 Å². The fraction of sp³-hybridized carbons (Fsp3) is 0.111. The van der Waals surface area contributed by atoms with Gasteiger partial charge >= 0.3 is 0 Å². The normalized spacial score (nSPS) is 10.7. The van der Waals surface area contributed by atoms with Crippen LogP contribution in [-0.4, -0.2) is 27.4 Å². The summed E-state index contributed by atoms with van der Waals surface area (Å²) in [6.07, 6.45) is 1.54. The summed E-state index contributed by atoms with van der Waals surface area (Å²) in [5.74, 6) is -2.14. The summed E-state index contributed by atoms with van der Waals surface area (Å²) >= 11 is 5.27. The molecular weight excluding hydrogens is 344 g/mol. The molecule has 128 valence electrons. The molecule has 1 aromatic heterocycles. The molecule has 4 nitrogen and oxygen atoms in total. The number of carbonyl (C=O) groups is 1. The number of amides is 1. The maximum Gasteiger partial charge on any atom is 0.272 e. The van der Waals surface area contributed by atoms with Crippen LogP contribution >= 0.6 is 12.2 Å². The number of nitrogens with one attached hydrogen (secondary N) is 1. The second-order valence-corrected chi connectivity index (χ2v) is 5.95. The van der Waals surface area contributed by atoms with Crippen molar-refractivity contribution in [1.29, 1.82) is 0 Å². The van der Waals surface area contributed by atoms with E-state index in [-0.39, 0.29) is 12.5 Å². The summed E-state index contributed by atoms with van der Waals surface area (Å²) in [6, 6.07) is 12.8. The summed E-state index contributed by atoms with van der Waals surface area (Å²) < 4.78 is 28.4. The van der Waals surface area contributed by atoms with Crippen molar-refractivity contribution in [3.8, 4) is 5.69 Å². The number of H-pyrrole nitrogens is 1. The number of hydrogen-bond donors (Lipinski definition) is 1. The average molecular weight is 359 g/mol. The summed E-state index contributed by atoms with van der Waals surface area (Å²) in [7, 11) is 1.59. The molecular formula is C18H15F2N3OS. The van der Waals surface area contributed by atoms with Crippen molar-refractivity contribution >= 4 is 18.1 Å². The van der Waals surface area contributed by atoms with Crippen LogP contribution in [0.4, 0.5) is 8.78 Å². The van der Waals surface area contributed by atoms with E-state index in [9.17, 15) is 13.6 Å². The maximum absolute atomic E-state index is 13.3. The molecule has 0 bridgehead atoms. The minimum absolute atomic E-state index is 0.142. The van der Waals surface area contributed by atoms with Crippen LogP contribution in [0, 0.1) is 16.4 Å². The molecule has 0 unspecified atom stereocenters. The lowest BCUT2D eigenvalue weighted by molar-refractivity contribution is 0.0777. The first-order valence-electron chi connectivity index (χ1n) is 7.52. The topological polar surface area (TPSA) is 41.0 Å². The zero-order valence-electron chi connectivity index (χ0n) is 13.4. The van der Waals surface area contributed by atoms with Crippen molar-refractivity contribution in [3.63, 3.8) is 0 Å². The van der Waals surface area contributed by atoms with Gasteiger partial charge in [-0.2, -0.15) is 0 Å². The third-order valence-electron chi connectivity index (χ3n) is 3.76. The Hall–Kier alpha value is -2.80. The molecule has 0 radical (unpaired) electrons. The molecule has 7 heteroatoms. The zero-order valence-corrected chi connectivity index (χ0v) is 14.2. The lowest BCUT2D eigenvalue weighted by atomic mass is 10.2. The predicted octanol–water partition coefficient (Wildman–Crippen LogP) is 4.09. The molecule has 0 saturated heterocycles. The van der Waals surface area contributed by atoms with Crippen LogP contribution < -0.4 is 0 Å². The molecule has 0 atom stereocenters. The number of imidazole rings is 1. The molecule has 0 fully saturated rings. The lowest BCUT2D eigenvalue weighted by Crippen LogP contribution is -2.28. The van der Waals surface area contributed by atoms with Gasteiger partial charge in [0, 0.05) is 25.5 Å². The lowest BCUT2D eigenvalue weighted by Gasteiger charge is -2.18. The first-order chi connectivity index (χ1) is 12.0. The highest BCUT2D eigenvalue weighted by Crippen LogP contribution is 2.16. The number of carbonyl (C=O) groups excluding carboxylic acids is 1. The molecule has 25 heavy (non-hydrogen) atoms. The number of benzene rings is 2. The Morgan fingerprint density at radius 2 is 1.88 bits per heavy atom. The smallest absolute Gasteiger partial charge is 0.272 e. The van der Waals surface area contributed by atoms with E-state index in [0.29, 0.717) is 16.0 Å². The van der Waals surface area contributed by atoms with E-state index < -0.39 is 11.6 Å².